The molecule has 2 aromatic carbocycles. The van der Waals surface area contributed by atoms with Gasteiger partial charge in [-0.1, -0.05) is 82.8 Å². The van der Waals surface area contributed by atoms with Crippen molar-refractivity contribution in [3.05, 3.63) is 59.7 Å². The van der Waals surface area contributed by atoms with Crippen LogP contribution >= 0.6 is 0 Å². The Bertz CT molecular complexity index is 460. The summed E-state index contributed by atoms with van der Waals surface area (Å²) in [6.07, 6.45) is 1.16. The fourth-order valence-corrected chi connectivity index (χ4v) is 2.05. The standard InChI is InChI=1S/C17H20.2CH4/c1-13(2)12-15-6-10-17(11-7-15)16-8-4-14(3)5-9-16;;/h4-11,13H,12H2,1-3H3;2*1H4. The molecule has 0 saturated heterocycles. The van der Waals surface area contributed by atoms with E-state index in [4.69, 9.17) is 0 Å². The van der Waals surface area contributed by atoms with Gasteiger partial charge in [0.1, 0.15) is 0 Å². The molecule has 0 fully saturated rings. The first-order valence-corrected chi connectivity index (χ1v) is 6.31. The Morgan fingerprint density at radius 1 is 0.737 bits per heavy atom. The SMILES string of the molecule is C.C.Cc1ccc(-c2ccc(CC(C)C)cc2)cc1. The van der Waals surface area contributed by atoms with Crippen LogP contribution in [0.4, 0.5) is 0 Å². The minimum atomic E-state index is 0. The topological polar surface area (TPSA) is 0 Å². The van der Waals surface area contributed by atoms with Crippen molar-refractivity contribution in [2.24, 2.45) is 5.92 Å². The number of benzene rings is 2. The average molecular weight is 256 g/mol. The van der Waals surface area contributed by atoms with Crippen molar-refractivity contribution in [2.45, 2.75) is 42.0 Å². The summed E-state index contributed by atoms with van der Waals surface area (Å²) in [5.74, 6) is 0.722. The van der Waals surface area contributed by atoms with Gasteiger partial charge < -0.3 is 0 Å². The summed E-state index contributed by atoms with van der Waals surface area (Å²) in [6, 6.07) is 17.6. The molecule has 0 aromatic heterocycles. The molecule has 0 radical (unpaired) electrons. The molecule has 0 N–H and O–H groups in total. The molecule has 0 unspecified atom stereocenters. The van der Waals surface area contributed by atoms with E-state index in [1.165, 1.54) is 22.3 Å². The highest BCUT2D eigenvalue weighted by Crippen LogP contribution is 2.21. The zero-order valence-corrected chi connectivity index (χ0v) is 10.9. The molecule has 0 spiro atoms. The van der Waals surface area contributed by atoms with Gasteiger partial charge in [-0.15, -0.1) is 0 Å². The summed E-state index contributed by atoms with van der Waals surface area (Å²) < 4.78 is 0. The van der Waals surface area contributed by atoms with Crippen molar-refractivity contribution >= 4 is 0 Å². The van der Waals surface area contributed by atoms with Crippen molar-refractivity contribution in [2.75, 3.05) is 0 Å². The molecule has 19 heavy (non-hydrogen) atoms. The summed E-state index contributed by atoms with van der Waals surface area (Å²) in [6.45, 7) is 6.64. The van der Waals surface area contributed by atoms with Crippen LogP contribution in [0.3, 0.4) is 0 Å². The Labute approximate surface area is 119 Å². The molecule has 2 rings (SSSR count). The molecule has 0 atom stereocenters. The zero-order chi connectivity index (χ0) is 12.3. The highest BCUT2D eigenvalue weighted by Gasteiger charge is 2.00. The number of rotatable bonds is 3. The van der Waals surface area contributed by atoms with E-state index in [-0.39, 0.29) is 14.9 Å². The largest absolute Gasteiger partial charge is 0.0776 e. The Kier molecular flexibility index (Phi) is 7.14. The van der Waals surface area contributed by atoms with E-state index in [9.17, 15) is 0 Å². The lowest BCUT2D eigenvalue weighted by molar-refractivity contribution is 0.647. The van der Waals surface area contributed by atoms with Gasteiger partial charge in [-0.05, 0) is 36.0 Å². The maximum atomic E-state index is 2.26. The quantitative estimate of drug-likeness (QED) is 0.619. The van der Waals surface area contributed by atoms with Crippen LogP contribution in [0.2, 0.25) is 0 Å². The van der Waals surface area contributed by atoms with Crippen LogP contribution in [0.15, 0.2) is 48.5 Å². The van der Waals surface area contributed by atoms with Gasteiger partial charge in [0, 0.05) is 0 Å². The van der Waals surface area contributed by atoms with Crippen LogP contribution < -0.4 is 0 Å². The zero-order valence-electron chi connectivity index (χ0n) is 10.9. The van der Waals surface area contributed by atoms with Crippen LogP contribution in [0.25, 0.3) is 11.1 Å². The fourth-order valence-electron chi connectivity index (χ4n) is 2.05. The predicted molar refractivity (Wildman–Crippen MR) is 88.6 cm³/mol. The first-order valence-electron chi connectivity index (χ1n) is 6.31. The van der Waals surface area contributed by atoms with Crippen LogP contribution in [0.1, 0.15) is 39.8 Å². The average Bonchev–Trinajstić information content (AvgIpc) is 2.30. The molecule has 0 saturated carbocycles. The molecular formula is C19H28. The molecule has 0 heteroatoms. The van der Waals surface area contributed by atoms with E-state index in [1.54, 1.807) is 0 Å². The lowest BCUT2D eigenvalue weighted by atomic mass is 9.99. The molecule has 0 aliphatic carbocycles. The van der Waals surface area contributed by atoms with Crippen LogP contribution in [0, 0.1) is 12.8 Å². The molecule has 2 aromatic rings. The van der Waals surface area contributed by atoms with Gasteiger partial charge in [0.25, 0.3) is 0 Å². The summed E-state index contributed by atoms with van der Waals surface area (Å²) >= 11 is 0. The summed E-state index contributed by atoms with van der Waals surface area (Å²) in [5.41, 5.74) is 5.34. The molecule has 0 nitrogen and oxygen atoms in total. The fraction of sp³-hybridized carbons (Fsp3) is 0.368. The molecule has 0 heterocycles. The van der Waals surface area contributed by atoms with E-state index in [0.717, 1.165) is 12.3 Å². The van der Waals surface area contributed by atoms with Crippen molar-refractivity contribution in [3.63, 3.8) is 0 Å². The normalized spacial score (nSPS) is 9.68. The molecule has 0 aliphatic heterocycles. The first-order chi connectivity index (χ1) is 8.15. The molecular weight excluding hydrogens is 228 g/mol. The van der Waals surface area contributed by atoms with E-state index in [1.807, 2.05) is 0 Å². The maximum absolute atomic E-state index is 2.26. The Morgan fingerprint density at radius 3 is 1.58 bits per heavy atom. The smallest absolute Gasteiger partial charge is 0.0184 e. The molecule has 104 valence electrons. The van der Waals surface area contributed by atoms with E-state index < -0.39 is 0 Å². The van der Waals surface area contributed by atoms with Crippen molar-refractivity contribution < 1.29 is 0 Å². The highest BCUT2D eigenvalue weighted by atomic mass is 14.0. The second-order valence-corrected chi connectivity index (χ2v) is 5.16. The molecule has 0 aliphatic rings. The van der Waals surface area contributed by atoms with Crippen LogP contribution in [0.5, 0.6) is 0 Å². The number of aryl methyl sites for hydroxylation is 1. The van der Waals surface area contributed by atoms with Gasteiger partial charge in [-0.2, -0.15) is 0 Å². The lowest BCUT2D eigenvalue weighted by Crippen LogP contribution is -1.93. The van der Waals surface area contributed by atoms with Crippen molar-refractivity contribution in [3.8, 4) is 11.1 Å². The van der Waals surface area contributed by atoms with E-state index in [0.29, 0.717) is 0 Å². The Balaban J connectivity index is 0.00000162. The van der Waals surface area contributed by atoms with Gasteiger partial charge in [-0.25, -0.2) is 0 Å². The summed E-state index contributed by atoms with van der Waals surface area (Å²) in [7, 11) is 0. The lowest BCUT2D eigenvalue weighted by Gasteiger charge is -2.07. The third kappa shape index (κ3) is 4.90. The number of hydrogen-bond acceptors (Lipinski definition) is 0. The summed E-state index contributed by atoms with van der Waals surface area (Å²) in [5, 5.41) is 0. The van der Waals surface area contributed by atoms with Crippen molar-refractivity contribution in [1.82, 2.24) is 0 Å². The molecule has 0 bridgehead atoms. The van der Waals surface area contributed by atoms with Crippen LogP contribution in [-0.2, 0) is 6.42 Å². The Hall–Kier alpha value is -1.56. The maximum Gasteiger partial charge on any atom is -0.0184 e. The van der Waals surface area contributed by atoms with Crippen molar-refractivity contribution in [1.29, 1.82) is 0 Å². The monoisotopic (exact) mass is 256 g/mol. The van der Waals surface area contributed by atoms with Gasteiger partial charge in [0.15, 0.2) is 0 Å². The number of hydrogen-bond donors (Lipinski definition) is 0. The summed E-state index contributed by atoms with van der Waals surface area (Å²) in [4.78, 5) is 0. The minimum absolute atomic E-state index is 0. The van der Waals surface area contributed by atoms with Crippen LogP contribution in [-0.4, -0.2) is 0 Å². The second-order valence-electron chi connectivity index (χ2n) is 5.16. The third-order valence-corrected chi connectivity index (χ3v) is 2.98. The first kappa shape index (κ1) is 17.4. The van der Waals surface area contributed by atoms with E-state index >= 15 is 0 Å². The van der Waals surface area contributed by atoms with Gasteiger partial charge in [0.05, 0.1) is 0 Å². The third-order valence-electron chi connectivity index (χ3n) is 2.98. The second kappa shape index (κ2) is 7.78. The Morgan fingerprint density at radius 2 is 1.16 bits per heavy atom. The van der Waals surface area contributed by atoms with Gasteiger partial charge in [0.2, 0.25) is 0 Å². The van der Waals surface area contributed by atoms with E-state index in [2.05, 4.69) is 69.3 Å². The van der Waals surface area contributed by atoms with Gasteiger partial charge in [-0.3, -0.25) is 0 Å². The minimum Gasteiger partial charge on any atom is -0.0776 e. The molecule has 0 amide bonds. The highest BCUT2D eigenvalue weighted by molar-refractivity contribution is 5.63. The van der Waals surface area contributed by atoms with Gasteiger partial charge >= 0.3 is 0 Å². The predicted octanol–water partition coefficient (Wildman–Crippen LogP) is 6.13.